The number of aliphatic carboxylic acids is 1. The number of nitrogens with zero attached hydrogens (tertiary/aromatic N) is 10. The number of hydrogen-bond acceptors (Lipinski definition) is 19. The molecule has 24 heteroatoms. The Morgan fingerprint density at radius 3 is 1.35 bits per heavy atom. The van der Waals surface area contributed by atoms with Crippen molar-refractivity contribution in [3.8, 4) is 12.3 Å². The van der Waals surface area contributed by atoms with Crippen molar-refractivity contribution >= 4 is 109 Å². The molecule has 2 fully saturated rings. The molecule has 0 aliphatic carbocycles. The molecule has 0 unspecified atom stereocenters. The number of β-amino-alcohol motifs (C(OH)–C–C–N with tert-alkyl or cyclic N) is 2. The van der Waals surface area contributed by atoms with Crippen LogP contribution in [0, 0.1) is 40.0 Å². The van der Waals surface area contributed by atoms with Crippen LogP contribution in [-0.2, 0) is 4.79 Å². The normalized spacial score (nSPS) is 13.4. The number of thiazole rings is 2. The number of piperazine rings is 2. The number of carbonyl (C=O) groups is 3. The zero-order valence-corrected chi connectivity index (χ0v) is 45.3. The van der Waals surface area contributed by atoms with Gasteiger partial charge < -0.3 is 46.4 Å². The molecule has 6 aromatic rings. The summed E-state index contributed by atoms with van der Waals surface area (Å²) in [6, 6.07) is 14.7. The first-order valence-corrected chi connectivity index (χ1v) is 26.0. The van der Waals surface area contributed by atoms with Crippen molar-refractivity contribution in [2.75, 3.05) is 110 Å². The minimum absolute atomic E-state index is 0.173. The van der Waals surface area contributed by atoms with E-state index in [0.29, 0.717) is 77.8 Å². The summed E-state index contributed by atoms with van der Waals surface area (Å²) in [6.07, 6.45) is 7.88. The van der Waals surface area contributed by atoms with Gasteiger partial charge in [-0.05, 0) is 57.9 Å². The summed E-state index contributed by atoms with van der Waals surface area (Å²) < 4.78 is 0. The summed E-state index contributed by atoms with van der Waals surface area (Å²) in [5, 5.41) is 40.2. The molecule has 0 saturated carbocycles. The Morgan fingerprint density at radius 1 is 0.662 bits per heavy atom. The van der Waals surface area contributed by atoms with E-state index in [0.717, 1.165) is 75.1 Å². The van der Waals surface area contributed by atoms with Crippen molar-refractivity contribution in [2.45, 2.75) is 48.0 Å². The van der Waals surface area contributed by atoms with Crippen molar-refractivity contribution in [3.05, 3.63) is 103 Å². The van der Waals surface area contributed by atoms with Gasteiger partial charge in [-0.2, -0.15) is 0 Å². The van der Waals surface area contributed by atoms with Gasteiger partial charge in [0.05, 0.1) is 47.0 Å². The second kappa shape index (κ2) is 29.4. The lowest BCUT2D eigenvalue weighted by Gasteiger charge is -2.35. The van der Waals surface area contributed by atoms with E-state index in [1.807, 2.05) is 64.1 Å². The van der Waals surface area contributed by atoms with Crippen LogP contribution in [0.15, 0.2) is 60.9 Å². The molecule has 0 spiro atoms. The van der Waals surface area contributed by atoms with Gasteiger partial charge in [-0.1, -0.05) is 77.1 Å². The molecule has 7 N–H and O–H groups in total. The summed E-state index contributed by atoms with van der Waals surface area (Å²) in [6.45, 7) is 19.3. The lowest BCUT2D eigenvalue weighted by atomic mass is 10.2. The monoisotopic (exact) mass is 1090 g/mol. The maximum absolute atomic E-state index is 12.7. The topological polar surface area (TPSA) is 250 Å². The minimum atomic E-state index is -0.745. The number of aliphatic hydroxyl groups excluding tert-OH is 2. The van der Waals surface area contributed by atoms with Crippen LogP contribution in [0.1, 0.15) is 62.4 Å². The fourth-order valence-electron chi connectivity index (χ4n) is 7.26. The van der Waals surface area contributed by atoms with Crippen LogP contribution in [0.3, 0.4) is 0 Å². The Balaban J connectivity index is 0.000000239. The number of para-hydroxylation sites is 2. The van der Waals surface area contributed by atoms with Gasteiger partial charge in [0.2, 0.25) is 0 Å². The van der Waals surface area contributed by atoms with Crippen LogP contribution in [0.2, 0.25) is 10.0 Å². The largest absolute Gasteiger partial charge is 0.481 e. The highest BCUT2D eigenvalue weighted by atomic mass is 35.5. The van der Waals surface area contributed by atoms with Gasteiger partial charge in [0, 0.05) is 84.0 Å². The Kier molecular flexibility index (Phi) is 23.2. The van der Waals surface area contributed by atoms with Crippen molar-refractivity contribution in [2.24, 2.45) is 0 Å². The quantitative estimate of drug-likeness (QED) is 0.0486. The zero-order valence-electron chi connectivity index (χ0n) is 42.2. The van der Waals surface area contributed by atoms with E-state index < -0.39 is 5.97 Å². The minimum Gasteiger partial charge on any atom is -0.481 e. The van der Waals surface area contributed by atoms with Gasteiger partial charge in [0.25, 0.3) is 11.8 Å². The first-order valence-electron chi connectivity index (χ1n) is 23.6. The van der Waals surface area contributed by atoms with Crippen LogP contribution in [0.4, 0.5) is 44.9 Å². The number of aromatic nitrogens is 6. The number of aliphatic hydroxyl groups is 2. The SMILES string of the molecule is C#CC.CCC(=O)O.Cc1nc(Nc2ncc(C(=O)Nc3c(C)cccc3Cl)s2)cc(N2CCN(CCO)CC2)n1.Cc1nc(Nc2ncc(C(=O)Nc3c(C)cccc3Cl)s2)cc(N2CCN(CCO)CC2)n1. The van der Waals surface area contributed by atoms with Crippen LogP contribution < -0.4 is 31.1 Å². The van der Waals surface area contributed by atoms with Crippen molar-refractivity contribution < 1.29 is 29.7 Å². The number of nitrogens with one attached hydrogen (secondary N) is 4. The van der Waals surface area contributed by atoms with Gasteiger partial charge in [-0.25, -0.2) is 29.9 Å². The maximum Gasteiger partial charge on any atom is 0.303 e. The predicted octanol–water partition coefficient (Wildman–Crippen LogP) is 7.75. The number of carboxylic acid groups (broad SMARTS) is 1. The van der Waals surface area contributed by atoms with Crippen molar-refractivity contribution in [1.82, 2.24) is 39.7 Å². The Morgan fingerprint density at radius 2 is 1.03 bits per heavy atom. The van der Waals surface area contributed by atoms with E-state index in [9.17, 15) is 14.4 Å². The highest BCUT2D eigenvalue weighted by Gasteiger charge is 2.22. The number of amides is 2. The van der Waals surface area contributed by atoms with E-state index in [-0.39, 0.29) is 31.4 Å². The molecule has 6 heterocycles. The summed E-state index contributed by atoms with van der Waals surface area (Å²) in [5.41, 5.74) is 2.98. The van der Waals surface area contributed by atoms with E-state index in [1.165, 1.54) is 35.1 Å². The molecule has 2 aliphatic heterocycles. The van der Waals surface area contributed by atoms with Gasteiger partial charge in [-0.15, -0.1) is 12.3 Å². The lowest BCUT2D eigenvalue weighted by Crippen LogP contribution is -2.47. The molecule has 4 aromatic heterocycles. The van der Waals surface area contributed by atoms with E-state index in [4.69, 9.17) is 38.5 Å². The molecule has 394 valence electrons. The molecule has 2 amide bonds. The van der Waals surface area contributed by atoms with Crippen LogP contribution in [0.25, 0.3) is 0 Å². The average molecular weight is 1090 g/mol. The number of rotatable bonds is 15. The molecule has 2 aliphatic rings. The van der Waals surface area contributed by atoms with Crippen molar-refractivity contribution in [1.29, 1.82) is 0 Å². The van der Waals surface area contributed by atoms with Crippen LogP contribution >= 0.6 is 45.9 Å². The van der Waals surface area contributed by atoms with E-state index in [2.05, 4.69) is 83.1 Å². The molecular formula is C50H62Cl2N14O6S2. The third-order valence-electron chi connectivity index (χ3n) is 11.0. The smallest absolute Gasteiger partial charge is 0.303 e. The molecular weight excluding hydrogens is 1030 g/mol. The first-order chi connectivity index (χ1) is 35.5. The molecule has 0 radical (unpaired) electrons. The third-order valence-corrected chi connectivity index (χ3v) is 13.5. The summed E-state index contributed by atoms with van der Waals surface area (Å²) in [5.74, 6) is 5.21. The molecule has 2 aromatic carbocycles. The summed E-state index contributed by atoms with van der Waals surface area (Å²) in [7, 11) is 0. The number of benzene rings is 2. The maximum atomic E-state index is 12.7. The van der Waals surface area contributed by atoms with Crippen LogP contribution in [-0.4, -0.2) is 151 Å². The number of anilines is 8. The Hall–Kier alpha value is -6.55. The van der Waals surface area contributed by atoms with Gasteiger partial charge in [0.15, 0.2) is 10.3 Å². The number of carbonyl (C=O) groups excluding carboxylic acids is 2. The lowest BCUT2D eigenvalue weighted by molar-refractivity contribution is -0.136. The summed E-state index contributed by atoms with van der Waals surface area (Å²) >= 11 is 14.9. The standard InChI is InChI=1S/2C22H26ClN7O2S.C3H6O2.C3H4/c2*1-14-4-3-5-16(23)20(14)28-21(32)17-13-24-22(33-17)27-18-12-19(26-15(2)25-18)30-8-6-29(7-9-30)10-11-31;1-2-3(4)5;1-3-2/h2*3-5,12-13,31H,6-11H2,1-2H3,(H,28,32)(H,24,25,26,27);2H2,1H3,(H,4,5);1H,2H3. The fourth-order valence-corrected chi connectivity index (χ4v) is 9.24. The van der Waals surface area contributed by atoms with Crippen LogP contribution in [0.5, 0.6) is 0 Å². The highest BCUT2D eigenvalue weighted by Crippen LogP contribution is 2.31. The average Bonchev–Trinajstić information content (AvgIpc) is 4.05. The fraction of sp³-hybridized carbons (Fsp3) is 0.380. The molecule has 2 saturated heterocycles. The summed E-state index contributed by atoms with van der Waals surface area (Å²) in [4.78, 5) is 71.3. The second-order valence-electron chi connectivity index (χ2n) is 16.5. The second-order valence-corrected chi connectivity index (χ2v) is 19.4. The number of aryl methyl sites for hydroxylation is 4. The number of halogens is 2. The van der Waals surface area contributed by atoms with Crippen molar-refractivity contribution in [3.63, 3.8) is 0 Å². The van der Waals surface area contributed by atoms with Gasteiger partial charge >= 0.3 is 5.97 Å². The molecule has 0 bridgehead atoms. The molecule has 0 atom stereocenters. The third kappa shape index (κ3) is 17.8. The molecule has 8 rings (SSSR count). The number of carboxylic acids is 1. The van der Waals surface area contributed by atoms with Gasteiger partial charge in [-0.3, -0.25) is 24.2 Å². The molecule has 74 heavy (non-hydrogen) atoms. The number of terminal acetylenes is 1. The highest BCUT2D eigenvalue weighted by molar-refractivity contribution is 7.18. The number of hydrogen-bond donors (Lipinski definition) is 7. The zero-order chi connectivity index (χ0) is 53.7. The first kappa shape index (κ1) is 58.3. The van der Waals surface area contributed by atoms with E-state index >= 15 is 0 Å². The van der Waals surface area contributed by atoms with Gasteiger partial charge in [0.1, 0.15) is 44.7 Å². The molecule has 20 nitrogen and oxygen atoms in total. The van der Waals surface area contributed by atoms with E-state index in [1.54, 1.807) is 26.0 Å². The Bertz CT molecular complexity index is 2630. The predicted molar refractivity (Wildman–Crippen MR) is 297 cm³/mol. The Labute approximate surface area is 449 Å².